The van der Waals surface area contributed by atoms with Crippen molar-refractivity contribution in [2.24, 2.45) is 7.05 Å². The molecule has 0 saturated heterocycles. The minimum atomic E-state index is 0.318. The fourth-order valence-corrected chi connectivity index (χ4v) is 1.84. The Balaban J connectivity index is 1.82. The second kappa shape index (κ2) is 5.42. The Morgan fingerprint density at radius 1 is 1.53 bits per heavy atom. The Kier molecular flexibility index (Phi) is 3.90. The van der Waals surface area contributed by atoms with E-state index in [4.69, 9.17) is 0 Å². The Morgan fingerprint density at radius 2 is 2.35 bits per heavy atom. The lowest BCUT2D eigenvalue weighted by atomic mass is 10.3. The minimum absolute atomic E-state index is 0.318. The van der Waals surface area contributed by atoms with Gasteiger partial charge in [-0.05, 0) is 22.9 Å². The van der Waals surface area contributed by atoms with Gasteiger partial charge in [0.25, 0.3) is 0 Å². The Bertz CT molecular complexity index is 477. The standard InChI is InChI=1S/C10H15BrN6/c1-8(5-17-6-9(11)3-14-17)12-4-10-15-13-7-16(10)2/h3,6-8,12H,4-5H2,1-2H3. The molecule has 2 aromatic rings. The highest BCUT2D eigenvalue weighted by Gasteiger charge is 2.06. The number of hydrogen-bond donors (Lipinski definition) is 1. The summed E-state index contributed by atoms with van der Waals surface area (Å²) in [4.78, 5) is 0. The number of halogens is 1. The molecule has 0 amide bonds. The third-order valence-electron chi connectivity index (χ3n) is 2.48. The van der Waals surface area contributed by atoms with E-state index >= 15 is 0 Å². The van der Waals surface area contributed by atoms with E-state index in [1.807, 2.05) is 22.5 Å². The highest BCUT2D eigenvalue weighted by molar-refractivity contribution is 9.10. The first-order chi connectivity index (χ1) is 8.15. The van der Waals surface area contributed by atoms with Crippen molar-refractivity contribution in [1.29, 1.82) is 0 Å². The fraction of sp³-hybridized carbons (Fsp3) is 0.500. The molecule has 2 aromatic heterocycles. The first kappa shape index (κ1) is 12.3. The average Bonchev–Trinajstić information content (AvgIpc) is 2.85. The van der Waals surface area contributed by atoms with Crippen molar-refractivity contribution < 1.29 is 0 Å². The first-order valence-electron chi connectivity index (χ1n) is 5.39. The van der Waals surface area contributed by atoms with Gasteiger partial charge in [-0.15, -0.1) is 10.2 Å². The molecule has 0 aliphatic carbocycles. The maximum Gasteiger partial charge on any atom is 0.146 e. The second-order valence-electron chi connectivity index (χ2n) is 4.02. The van der Waals surface area contributed by atoms with E-state index in [1.165, 1.54) is 0 Å². The molecule has 6 nitrogen and oxygen atoms in total. The van der Waals surface area contributed by atoms with E-state index < -0.39 is 0 Å². The van der Waals surface area contributed by atoms with Crippen molar-refractivity contribution >= 4 is 15.9 Å². The molecule has 92 valence electrons. The van der Waals surface area contributed by atoms with Gasteiger partial charge in [-0.25, -0.2) is 0 Å². The smallest absolute Gasteiger partial charge is 0.146 e. The molecule has 2 heterocycles. The number of rotatable bonds is 5. The monoisotopic (exact) mass is 298 g/mol. The number of nitrogens with one attached hydrogen (secondary N) is 1. The topological polar surface area (TPSA) is 60.6 Å². The number of aromatic nitrogens is 5. The quantitative estimate of drug-likeness (QED) is 0.893. The highest BCUT2D eigenvalue weighted by Crippen LogP contribution is 2.06. The molecule has 0 saturated carbocycles. The van der Waals surface area contributed by atoms with Crippen LogP contribution in [-0.2, 0) is 20.1 Å². The van der Waals surface area contributed by atoms with Gasteiger partial charge in [0, 0.05) is 19.3 Å². The number of hydrogen-bond acceptors (Lipinski definition) is 4. The van der Waals surface area contributed by atoms with Crippen molar-refractivity contribution in [3.05, 3.63) is 29.0 Å². The summed E-state index contributed by atoms with van der Waals surface area (Å²) >= 11 is 3.38. The fourth-order valence-electron chi connectivity index (χ4n) is 1.52. The molecule has 0 aliphatic rings. The van der Waals surface area contributed by atoms with Crippen LogP contribution in [0.5, 0.6) is 0 Å². The molecule has 0 fully saturated rings. The van der Waals surface area contributed by atoms with Gasteiger partial charge in [0.15, 0.2) is 0 Å². The summed E-state index contributed by atoms with van der Waals surface area (Å²) in [5, 5.41) is 15.5. The van der Waals surface area contributed by atoms with Crippen LogP contribution >= 0.6 is 15.9 Å². The molecule has 0 radical (unpaired) electrons. The van der Waals surface area contributed by atoms with Crippen molar-refractivity contribution in [2.75, 3.05) is 0 Å². The van der Waals surface area contributed by atoms with E-state index in [9.17, 15) is 0 Å². The van der Waals surface area contributed by atoms with E-state index in [2.05, 4.69) is 43.5 Å². The summed E-state index contributed by atoms with van der Waals surface area (Å²) < 4.78 is 4.81. The Hall–Kier alpha value is -1.21. The predicted molar refractivity (Wildman–Crippen MR) is 67.2 cm³/mol. The SMILES string of the molecule is CC(Cn1cc(Br)cn1)NCc1nncn1C. The molecule has 0 aromatic carbocycles. The zero-order valence-electron chi connectivity index (χ0n) is 9.84. The largest absolute Gasteiger partial charge is 0.320 e. The first-order valence-corrected chi connectivity index (χ1v) is 6.18. The van der Waals surface area contributed by atoms with E-state index in [1.54, 1.807) is 12.5 Å². The summed E-state index contributed by atoms with van der Waals surface area (Å²) in [7, 11) is 1.94. The van der Waals surface area contributed by atoms with Crippen molar-refractivity contribution in [1.82, 2.24) is 29.9 Å². The van der Waals surface area contributed by atoms with Gasteiger partial charge >= 0.3 is 0 Å². The summed E-state index contributed by atoms with van der Waals surface area (Å²) in [6, 6.07) is 0.318. The molecule has 1 atom stereocenters. The Labute approximate surface area is 108 Å². The second-order valence-corrected chi connectivity index (χ2v) is 4.94. The van der Waals surface area contributed by atoms with Gasteiger partial charge in [-0.2, -0.15) is 5.10 Å². The molecule has 0 spiro atoms. The molecule has 1 unspecified atom stereocenters. The normalized spacial score (nSPS) is 12.9. The molecular weight excluding hydrogens is 284 g/mol. The molecule has 2 rings (SSSR count). The lowest BCUT2D eigenvalue weighted by Gasteiger charge is -2.13. The molecule has 0 bridgehead atoms. The molecular formula is C10H15BrN6. The predicted octanol–water partition coefficient (Wildman–Crippen LogP) is 0.952. The lowest BCUT2D eigenvalue weighted by molar-refractivity contribution is 0.442. The minimum Gasteiger partial charge on any atom is -0.320 e. The summed E-state index contributed by atoms with van der Waals surface area (Å²) in [6.45, 7) is 3.65. The summed E-state index contributed by atoms with van der Waals surface area (Å²) in [5.74, 6) is 0.929. The molecule has 0 aliphatic heterocycles. The number of aryl methyl sites for hydroxylation is 1. The van der Waals surface area contributed by atoms with Crippen LogP contribution in [0.25, 0.3) is 0 Å². The van der Waals surface area contributed by atoms with Gasteiger partial charge in [0.05, 0.1) is 23.8 Å². The van der Waals surface area contributed by atoms with Gasteiger partial charge in [-0.3, -0.25) is 4.68 Å². The van der Waals surface area contributed by atoms with Crippen molar-refractivity contribution in [2.45, 2.75) is 26.1 Å². The van der Waals surface area contributed by atoms with Crippen LogP contribution in [0.3, 0.4) is 0 Å². The zero-order chi connectivity index (χ0) is 12.3. The molecule has 17 heavy (non-hydrogen) atoms. The molecule has 1 N–H and O–H groups in total. The van der Waals surface area contributed by atoms with E-state index in [-0.39, 0.29) is 0 Å². The maximum absolute atomic E-state index is 4.21. The average molecular weight is 299 g/mol. The summed E-state index contributed by atoms with van der Waals surface area (Å²) in [5.41, 5.74) is 0. The van der Waals surface area contributed by atoms with E-state index in [0.29, 0.717) is 12.6 Å². The third kappa shape index (κ3) is 3.37. The highest BCUT2D eigenvalue weighted by atomic mass is 79.9. The van der Waals surface area contributed by atoms with Gasteiger partial charge in [0.1, 0.15) is 12.2 Å². The zero-order valence-corrected chi connectivity index (χ0v) is 11.4. The van der Waals surface area contributed by atoms with Crippen LogP contribution in [0.4, 0.5) is 0 Å². The Morgan fingerprint density at radius 3 is 2.94 bits per heavy atom. The van der Waals surface area contributed by atoms with Crippen molar-refractivity contribution in [3.63, 3.8) is 0 Å². The number of nitrogens with zero attached hydrogens (tertiary/aromatic N) is 5. The van der Waals surface area contributed by atoms with Gasteiger partial charge < -0.3 is 9.88 Å². The van der Waals surface area contributed by atoms with Crippen LogP contribution in [0, 0.1) is 0 Å². The van der Waals surface area contributed by atoms with E-state index in [0.717, 1.165) is 16.8 Å². The lowest BCUT2D eigenvalue weighted by Crippen LogP contribution is -2.31. The van der Waals surface area contributed by atoms with Crippen LogP contribution in [0.1, 0.15) is 12.7 Å². The van der Waals surface area contributed by atoms with Gasteiger partial charge in [0.2, 0.25) is 0 Å². The third-order valence-corrected chi connectivity index (χ3v) is 2.89. The molecule has 7 heteroatoms. The van der Waals surface area contributed by atoms with Crippen LogP contribution in [-0.4, -0.2) is 30.6 Å². The van der Waals surface area contributed by atoms with Crippen LogP contribution in [0.2, 0.25) is 0 Å². The van der Waals surface area contributed by atoms with Crippen LogP contribution < -0.4 is 5.32 Å². The van der Waals surface area contributed by atoms with Gasteiger partial charge in [-0.1, -0.05) is 0 Å². The van der Waals surface area contributed by atoms with Crippen LogP contribution in [0.15, 0.2) is 23.2 Å². The van der Waals surface area contributed by atoms with Crippen molar-refractivity contribution in [3.8, 4) is 0 Å². The maximum atomic E-state index is 4.21. The summed E-state index contributed by atoms with van der Waals surface area (Å²) in [6.07, 6.45) is 5.45.